The van der Waals surface area contributed by atoms with Gasteiger partial charge in [0.2, 0.25) is 0 Å². The van der Waals surface area contributed by atoms with E-state index in [0.29, 0.717) is 12.4 Å². The normalized spacial score (nSPS) is 10.5. The molecule has 0 fully saturated rings. The summed E-state index contributed by atoms with van der Waals surface area (Å²) < 4.78 is 5.24. The molecule has 5 nitrogen and oxygen atoms in total. The molecule has 0 aliphatic rings. The third kappa shape index (κ3) is 2.99. The number of carboxylic acids is 1. The Balaban J connectivity index is 2.52. The summed E-state index contributed by atoms with van der Waals surface area (Å²) in [6.45, 7) is 2.60. The van der Waals surface area contributed by atoms with Gasteiger partial charge in [-0.15, -0.1) is 0 Å². The zero-order valence-electron chi connectivity index (χ0n) is 11.7. The van der Waals surface area contributed by atoms with Crippen molar-refractivity contribution in [3.63, 3.8) is 0 Å². The molecule has 0 amide bonds. The SMILES string of the molecule is CCCN(CC(=O)O)c1nccc2ccc(OC)cc12. The average Bonchev–Trinajstić information content (AvgIpc) is 2.45. The summed E-state index contributed by atoms with van der Waals surface area (Å²) in [6.07, 6.45) is 2.56. The second kappa shape index (κ2) is 6.23. The molecule has 1 aromatic carbocycles. The van der Waals surface area contributed by atoms with Gasteiger partial charge in [-0.25, -0.2) is 4.98 Å². The van der Waals surface area contributed by atoms with Gasteiger partial charge >= 0.3 is 5.97 Å². The maximum Gasteiger partial charge on any atom is 0.323 e. The molecule has 0 bridgehead atoms. The lowest BCUT2D eigenvalue weighted by molar-refractivity contribution is -0.135. The van der Waals surface area contributed by atoms with Crippen molar-refractivity contribution in [2.24, 2.45) is 0 Å². The molecule has 0 radical (unpaired) electrons. The number of methoxy groups -OCH3 is 1. The molecular weight excluding hydrogens is 256 g/mol. The lowest BCUT2D eigenvalue weighted by Gasteiger charge is -2.22. The lowest BCUT2D eigenvalue weighted by Crippen LogP contribution is -2.31. The molecule has 1 N–H and O–H groups in total. The summed E-state index contributed by atoms with van der Waals surface area (Å²) in [7, 11) is 1.61. The van der Waals surface area contributed by atoms with Crippen LogP contribution in [-0.4, -0.2) is 36.3 Å². The van der Waals surface area contributed by atoms with Crippen molar-refractivity contribution in [3.8, 4) is 5.75 Å². The van der Waals surface area contributed by atoms with E-state index >= 15 is 0 Å². The first-order valence-electron chi connectivity index (χ1n) is 6.55. The van der Waals surface area contributed by atoms with Gasteiger partial charge in [-0.2, -0.15) is 0 Å². The van der Waals surface area contributed by atoms with Crippen LogP contribution in [0.4, 0.5) is 5.82 Å². The second-order valence-electron chi connectivity index (χ2n) is 4.54. The first-order chi connectivity index (χ1) is 9.65. The Morgan fingerprint density at radius 2 is 2.20 bits per heavy atom. The fourth-order valence-electron chi connectivity index (χ4n) is 2.20. The Morgan fingerprint density at radius 3 is 2.85 bits per heavy atom. The molecule has 0 saturated heterocycles. The molecule has 2 rings (SSSR count). The van der Waals surface area contributed by atoms with Crippen LogP contribution in [0.2, 0.25) is 0 Å². The molecule has 0 saturated carbocycles. The molecule has 106 valence electrons. The number of aromatic nitrogens is 1. The molecule has 0 unspecified atom stereocenters. The van der Waals surface area contributed by atoms with Gasteiger partial charge in [-0.05, 0) is 30.0 Å². The zero-order valence-corrected chi connectivity index (χ0v) is 11.7. The van der Waals surface area contributed by atoms with Crippen LogP contribution >= 0.6 is 0 Å². The van der Waals surface area contributed by atoms with Gasteiger partial charge in [0.25, 0.3) is 0 Å². The number of hydrogen-bond acceptors (Lipinski definition) is 4. The molecule has 2 aromatic rings. The fourth-order valence-corrected chi connectivity index (χ4v) is 2.20. The summed E-state index contributed by atoms with van der Waals surface area (Å²) >= 11 is 0. The average molecular weight is 274 g/mol. The highest BCUT2D eigenvalue weighted by Crippen LogP contribution is 2.28. The Bertz CT molecular complexity index is 613. The smallest absolute Gasteiger partial charge is 0.323 e. The van der Waals surface area contributed by atoms with Gasteiger partial charge in [-0.1, -0.05) is 13.0 Å². The van der Waals surface area contributed by atoms with Gasteiger partial charge < -0.3 is 14.7 Å². The first-order valence-corrected chi connectivity index (χ1v) is 6.55. The van der Waals surface area contributed by atoms with Crippen LogP contribution in [0.5, 0.6) is 5.75 Å². The van der Waals surface area contributed by atoms with Crippen molar-refractivity contribution in [2.45, 2.75) is 13.3 Å². The number of rotatable bonds is 6. The maximum absolute atomic E-state index is 11.0. The predicted molar refractivity (Wildman–Crippen MR) is 78.4 cm³/mol. The number of pyridine rings is 1. The highest BCUT2D eigenvalue weighted by molar-refractivity contribution is 5.94. The van der Waals surface area contributed by atoms with Crippen molar-refractivity contribution in [1.29, 1.82) is 0 Å². The van der Waals surface area contributed by atoms with E-state index in [1.807, 2.05) is 31.2 Å². The van der Waals surface area contributed by atoms with E-state index in [4.69, 9.17) is 9.84 Å². The fraction of sp³-hybridized carbons (Fsp3) is 0.333. The summed E-state index contributed by atoms with van der Waals surface area (Å²) in [5.41, 5.74) is 0. The van der Waals surface area contributed by atoms with Crippen LogP contribution in [-0.2, 0) is 4.79 Å². The highest BCUT2D eigenvalue weighted by atomic mass is 16.5. The minimum Gasteiger partial charge on any atom is -0.497 e. The van der Waals surface area contributed by atoms with E-state index in [1.165, 1.54) is 0 Å². The zero-order chi connectivity index (χ0) is 14.5. The van der Waals surface area contributed by atoms with Crippen LogP contribution < -0.4 is 9.64 Å². The Kier molecular flexibility index (Phi) is 4.40. The number of carbonyl (C=O) groups is 1. The van der Waals surface area contributed by atoms with Crippen LogP contribution in [0.25, 0.3) is 10.8 Å². The van der Waals surface area contributed by atoms with Crippen LogP contribution in [0, 0.1) is 0 Å². The Morgan fingerprint density at radius 1 is 1.40 bits per heavy atom. The number of hydrogen-bond donors (Lipinski definition) is 1. The predicted octanol–water partition coefficient (Wildman–Crippen LogP) is 2.54. The first kappa shape index (κ1) is 14.1. The molecule has 0 aliphatic carbocycles. The summed E-state index contributed by atoms with van der Waals surface area (Å²) in [6, 6.07) is 7.63. The van der Waals surface area contributed by atoms with Crippen molar-refractivity contribution in [1.82, 2.24) is 4.98 Å². The second-order valence-corrected chi connectivity index (χ2v) is 4.54. The van der Waals surface area contributed by atoms with E-state index in [2.05, 4.69) is 4.98 Å². The minimum atomic E-state index is -0.861. The number of fused-ring (bicyclic) bond motifs is 1. The molecule has 20 heavy (non-hydrogen) atoms. The number of carboxylic acid groups (broad SMARTS) is 1. The molecule has 0 spiro atoms. The van der Waals surface area contributed by atoms with E-state index in [1.54, 1.807) is 18.2 Å². The van der Waals surface area contributed by atoms with E-state index in [9.17, 15) is 4.79 Å². The minimum absolute atomic E-state index is 0.0584. The summed E-state index contributed by atoms with van der Waals surface area (Å²) in [5.74, 6) is 0.560. The van der Waals surface area contributed by atoms with Gasteiger partial charge in [0.05, 0.1) is 7.11 Å². The third-order valence-electron chi connectivity index (χ3n) is 3.07. The molecule has 1 heterocycles. The number of nitrogens with zero attached hydrogens (tertiary/aromatic N) is 2. The summed E-state index contributed by atoms with van der Waals surface area (Å²) in [5, 5.41) is 11.0. The molecule has 0 aliphatic heterocycles. The molecule has 0 atom stereocenters. The number of benzene rings is 1. The maximum atomic E-state index is 11.0. The van der Waals surface area contributed by atoms with Crippen molar-refractivity contribution < 1.29 is 14.6 Å². The topological polar surface area (TPSA) is 62.7 Å². The van der Waals surface area contributed by atoms with E-state index < -0.39 is 5.97 Å². The largest absolute Gasteiger partial charge is 0.497 e. The quantitative estimate of drug-likeness (QED) is 0.877. The monoisotopic (exact) mass is 274 g/mol. The van der Waals surface area contributed by atoms with Crippen LogP contribution in [0.3, 0.4) is 0 Å². The van der Waals surface area contributed by atoms with Crippen LogP contribution in [0.15, 0.2) is 30.5 Å². The third-order valence-corrected chi connectivity index (χ3v) is 3.07. The lowest BCUT2D eigenvalue weighted by atomic mass is 10.1. The number of aliphatic carboxylic acids is 1. The molecular formula is C15H18N2O3. The van der Waals surface area contributed by atoms with E-state index in [-0.39, 0.29) is 6.54 Å². The van der Waals surface area contributed by atoms with Gasteiger partial charge in [0.1, 0.15) is 18.1 Å². The van der Waals surface area contributed by atoms with Gasteiger partial charge in [0, 0.05) is 18.1 Å². The van der Waals surface area contributed by atoms with Crippen molar-refractivity contribution in [2.75, 3.05) is 25.1 Å². The van der Waals surface area contributed by atoms with Crippen molar-refractivity contribution >= 4 is 22.6 Å². The van der Waals surface area contributed by atoms with Gasteiger partial charge in [0.15, 0.2) is 0 Å². The standard InChI is InChI=1S/C15H18N2O3/c1-3-8-17(10-14(18)19)15-13-9-12(20-2)5-4-11(13)6-7-16-15/h4-7,9H,3,8,10H2,1-2H3,(H,18,19). The Hall–Kier alpha value is -2.30. The number of anilines is 1. The highest BCUT2D eigenvalue weighted by Gasteiger charge is 2.14. The number of ether oxygens (including phenoxy) is 1. The van der Waals surface area contributed by atoms with Crippen LogP contribution in [0.1, 0.15) is 13.3 Å². The Labute approximate surface area is 117 Å². The van der Waals surface area contributed by atoms with E-state index in [0.717, 1.165) is 22.9 Å². The van der Waals surface area contributed by atoms with Crippen molar-refractivity contribution in [3.05, 3.63) is 30.5 Å². The van der Waals surface area contributed by atoms with Gasteiger partial charge in [-0.3, -0.25) is 4.79 Å². The molecule has 1 aromatic heterocycles. The molecule has 5 heteroatoms. The summed E-state index contributed by atoms with van der Waals surface area (Å²) in [4.78, 5) is 17.2.